The van der Waals surface area contributed by atoms with Crippen LogP contribution < -0.4 is 5.73 Å². The summed E-state index contributed by atoms with van der Waals surface area (Å²) in [6, 6.07) is 3.23. The minimum absolute atomic E-state index is 0.0845. The van der Waals surface area contributed by atoms with Gasteiger partial charge < -0.3 is 15.6 Å². The summed E-state index contributed by atoms with van der Waals surface area (Å²) in [7, 11) is 0. The van der Waals surface area contributed by atoms with Crippen LogP contribution in [0.15, 0.2) is 68.6 Å². The Morgan fingerprint density at radius 2 is 2.00 bits per heavy atom. The molecule has 3 N–H and O–H groups in total. The highest BCUT2D eigenvalue weighted by Crippen LogP contribution is 2.62. The first-order chi connectivity index (χ1) is 18.3. The van der Waals surface area contributed by atoms with E-state index >= 15 is 4.39 Å². The molecule has 2 fully saturated rings. The quantitative estimate of drug-likeness (QED) is 0.536. The summed E-state index contributed by atoms with van der Waals surface area (Å²) in [6.07, 6.45) is 7.78. The normalized spacial score (nSPS) is 25.6. The van der Waals surface area contributed by atoms with Crippen LogP contribution in [0.5, 0.6) is 0 Å². The first-order valence-corrected chi connectivity index (χ1v) is 13.0. The Balaban J connectivity index is 1.43. The van der Waals surface area contributed by atoms with Crippen LogP contribution in [0.25, 0.3) is 11.3 Å². The van der Waals surface area contributed by atoms with Gasteiger partial charge in [0.1, 0.15) is 22.6 Å². The number of aromatic nitrogens is 3. The molecule has 1 spiro atoms. The molecule has 11 heteroatoms. The molecule has 0 radical (unpaired) electrons. The van der Waals surface area contributed by atoms with Crippen LogP contribution in [0.3, 0.4) is 0 Å². The average Bonchev–Trinajstić information content (AvgIpc) is 3.34. The number of hydrogen-bond acceptors (Lipinski definition) is 6. The minimum atomic E-state index is -0.706. The number of aliphatic imine (C=N–C) groups is 1. The van der Waals surface area contributed by atoms with Crippen molar-refractivity contribution in [1.29, 1.82) is 0 Å². The number of anilines is 1. The van der Waals surface area contributed by atoms with E-state index in [1.807, 2.05) is 4.90 Å². The van der Waals surface area contributed by atoms with Gasteiger partial charge in [0.15, 0.2) is 5.78 Å². The molecule has 192 valence electrons. The molecule has 5 heterocycles. The maximum Gasteiger partial charge on any atom is 0.223 e. The van der Waals surface area contributed by atoms with Crippen molar-refractivity contribution in [2.45, 2.75) is 31.2 Å². The van der Waals surface area contributed by atoms with Crippen molar-refractivity contribution in [3.05, 3.63) is 74.6 Å². The van der Waals surface area contributed by atoms with E-state index in [0.29, 0.717) is 41.4 Å². The number of carbonyl (C=O) groups is 2. The van der Waals surface area contributed by atoms with Crippen molar-refractivity contribution in [3.8, 4) is 11.3 Å². The zero-order valence-corrected chi connectivity index (χ0v) is 21.5. The first kappa shape index (κ1) is 23.5. The number of nitrogens with two attached hydrogens (primary N) is 1. The summed E-state index contributed by atoms with van der Waals surface area (Å²) in [5, 5.41) is 0.341. The SMILES string of the molecule is Nc1ccc(-c2cnc(C3CN4C(=O)CC5(CC5)[C@H]4C4=C3C3=CC(=O)C=C(F)C3=C(Cl)C=NC4)[nH]2)c(Cl)n1. The topological polar surface area (TPSA) is 117 Å². The number of rotatable bonds is 2. The predicted molar refractivity (Wildman–Crippen MR) is 141 cm³/mol. The number of hydrogen-bond donors (Lipinski definition) is 2. The molecular weight excluding hydrogens is 530 g/mol. The maximum atomic E-state index is 15.3. The number of halogens is 3. The van der Waals surface area contributed by atoms with Gasteiger partial charge in [-0.3, -0.25) is 14.6 Å². The molecule has 3 aliphatic heterocycles. The van der Waals surface area contributed by atoms with Crippen molar-refractivity contribution in [3.63, 3.8) is 0 Å². The molecular formula is C27H21Cl2FN6O2. The molecule has 7 rings (SSSR count). The molecule has 1 unspecified atom stereocenters. The van der Waals surface area contributed by atoms with Crippen LogP contribution in [-0.2, 0) is 9.59 Å². The number of nitrogen functional groups attached to an aromatic ring is 1. The van der Waals surface area contributed by atoms with Crippen LogP contribution in [-0.4, -0.2) is 56.9 Å². The number of ketones is 1. The van der Waals surface area contributed by atoms with Gasteiger partial charge in [-0.05, 0) is 47.8 Å². The molecule has 0 bridgehead atoms. The lowest BCUT2D eigenvalue weighted by molar-refractivity contribution is -0.129. The molecule has 38 heavy (non-hydrogen) atoms. The maximum absolute atomic E-state index is 15.3. The number of pyridine rings is 1. The van der Waals surface area contributed by atoms with Crippen LogP contribution in [0.4, 0.5) is 10.2 Å². The first-order valence-electron chi connectivity index (χ1n) is 12.3. The number of amides is 1. The van der Waals surface area contributed by atoms with E-state index in [2.05, 4.69) is 19.9 Å². The fourth-order valence-electron chi connectivity index (χ4n) is 6.39. The molecule has 8 nitrogen and oxygen atoms in total. The summed E-state index contributed by atoms with van der Waals surface area (Å²) in [5.41, 5.74) is 9.05. The number of allylic oxidation sites excluding steroid dienone is 6. The molecule has 2 aromatic heterocycles. The largest absolute Gasteiger partial charge is 0.384 e. The second-order valence-corrected chi connectivity index (χ2v) is 11.1. The highest BCUT2D eigenvalue weighted by Gasteiger charge is 2.62. The zero-order chi connectivity index (χ0) is 26.3. The van der Waals surface area contributed by atoms with E-state index in [1.165, 1.54) is 12.3 Å². The molecule has 2 aromatic rings. The summed E-state index contributed by atoms with van der Waals surface area (Å²) in [5.74, 6) is -0.718. The van der Waals surface area contributed by atoms with Crippen LogP contribution in [0, 0.1) is 5.41 Å². The Hall–Kier alpha value is -3.56. The summed E-state index contributed by atoms with van der Waals surface area (Å²) in [6.45, 7) is 0.611. The van der Waals surface area contributed by atoms with E-state index in [9.17, 15) is 9.59 Å². The molecule has 2 aliphatic carbocycles. The smallest absolute Gasteiger partial charge is 0.223 e. The third-order valence-corrected chi connectivity index (χ3v) is 8.73. The van der Waals surface area contributed by atoms with Crippen molar-refractivity contribution >= 4 is 46.9 Å². The van der Waals surface area contributed by atoms with Gasteiger partial charge in [0.2, 0.25) is 5.91 Å². The second kappa shape index (κ2) is 8.22. The van der Waals surface area contributed by atoms with Crippen molar-refractivity contribution in [2.75, 3.05) is 18.8 Å². The van der Waals surface area contributed by atoms with Gasteiger partial charge in [0.25, 0.3) is 0 Å². The Morgan fingerprint density at radius 1 is 1.18 bits per heavy atom. The zero-order valence-electron chi connectivity index (χ0n) is 20.0. The average molecular weight is 551 g/mol. The Morgan fingerprint density at radius 3 is 2.76 bits per heavy atom. The molecule has 1 amide bonds. The molecule has 2 atom stereocenters. The third kappa shape index (κ3) is 3.45. The van der Waals surface area contributed by atoms with Gasteiger partial charge in [0, 0.05) is 41.8 Å². The molecule has 5 aliphatic rings. The standard InChI is InChI=1S/C27H21Cl2FN6O2/c28-17-9-32-8-15-22(14-5-12(37)6-18(30)23(14)17)16(11-36-21(38)7-27(3-4-27)24(15)36)26-33-10-19(34-26)13-1-2-20(31)35-25(13)29/h1-2,5-6,9-10,16,24H,3-4,7-8,11H2,(H2,31,35)(H,33,34)/t16?,24-/m1/s1. The van der Waals surface area contributed by atoms with Gasteiger partial charge in [-0.25, -0.2) is 14.4 Å². The van der Waals surface area contributed by atoms with Gasteiger partial charge in [0.05, 0.1) is 35.4 Å². The van der Waals surface area contributed by atoms with E-state index in [0.717, 1.165) is 30.1 Å². The summed E-state index contributed by atoms with van der Waals surface area (Å²) < 4.78 is 15.3. The minimum Gasteiger partial charge on any atom is -0.384 e. The van der Waals surface area contributed by atoms with E-state index < -0.39 is 17.5 Å². The number of nitrogens with zero attached hydrogens (tertiary/aromatic N) is 4. The van der Waals surface area contributed by atoms with Crippen LogP contribution in [0.2, 0.25) is 5.15 Å². The Labute approximate surface area is 226 Å². The van der Waals surface area contributed by atoms with E-state index in [4.69, 9.17) is 28.9 Å². The van der Waals surface area contributed by atoms with Gasteiger partial charge in [-0.1, -0.05) is 23.2 Å². The third-order valence-electron chi connectivity index (χ3n) is 8.16. The molecule has 1 saturated heterocycles. The predicted octanol–water partition coefficient (Wildman–Crippen LogP) is 4.42. The van der Waals surface area contributed by atoms with Crippen molar-refractivity contribution in [2.24, 2.45) is 10.4 Å². The van der Waals surface area contributed by atoms with E-state index in [-0.39, 0.29) is 39.7 Å². The van der Waals surface area contributed by atoms with Gasteiger partial charge >= 0.3 is 0 Å². The van der Waals surface area contributed by atoms with Crippen LogP contribution in [0.1, 0.15) is 31.0 Å². The van der Waals surface area contributed by atoms with E-state index in [1.54, 1.807) is 18.3 Å². The Bertz CT molecular complexity index is 1610. The number of carbonyl (C=O) groups excluding carboxylic acids is 2. The number of H-pyrrole nitrogens is 1. The summed E-state index contributed by atoms with van der Waals surface area (Å²) in [4.78, 5) is 44.4. The summed E-state index contributed by atoms with van der Waals surface area (Å²) >= 11 is 12.9. The van der Waals surface area contributed by atoms with Crippen LogP contribution >= 0.6 is 23.2 Å². The van der Waals surface area contributed by atoms with Crippen molar-refractivity contribution in [1.82, 2.24) is 19.9 Å². The lowest BCUT2D eigenvalue weighted by atomic mass is 9.74. The highest BCUT2D eigenvalue weighted by atomic mass is 35.5. The molecule has 1 saturated carbocycles. The number of fused-ring (bicyclic) bond motifs is 5. The van der Waals surface area contributed by atoms with Gasteiger partial charge in [-0.2, -0.15) is 0 Å². The number of nitrogens with one attached hydrogen (secondary N) is 1. The Kier molecular flexibility index (Phi) is 5.09. The monoisotopic (exact) mass is 550 g/mol. The number of imidazole rings is 1. The highest BCUT2D eigenvalue weighted by molar-refractivity contribution is 6.40. The fourth-order valence-corrected chi connectivity index (χ4v) is 6.91. The van der Waals surface area contributed by atoms with Gasteiger partial charge in [-0.15, -0.1) is 0 Å². The fraction of sp³-hybridized carbons (Fsp3) is 0.296. The lowest BCUT2D eigenvalue weighted by Crippen LogP contribution is -2.46. The molecule has 0 aromatic carbocycles. The second-order valence-electron chi connectivity index (χ2n) is 10.4. The van der Waals surface area contributed by atoms with Crippen molar-refractivity contribution < 1.29 is 14.0 Å². The number of aromatic amines is 1. The lowest BCUT2D eigenvalue weighted by Gasteiger charge is -2.42.